The first-order chi connectivity index (χ1) is 7.89. The summed E-state index contributed by atoms with van der Waals surface area (Å²) in [5, 5.41) is 9.29. The van der Waals surface area contributed by atoms with Gasteiger partial charge in [0.15, 0.2) is 0 Å². The number of nitrogens with zero attached hydrogens (tertiary/aromatic N) is 1. The molecule has 1 aliphatic rings. The van der Waals surface area contributed by atoms with E-state index in [1.807, 2.05) is 28.3 Å². The van der Waals surface area contributed by atoms with Gasteiger partial charge in [-0.15, -0.1) is 11.3 Å². The van der Waals surface area contributed by atoms with Crippen LogP contribution in [0.5, 0.6) is 0 Å². The topological polar surface area (TPSA) is 30.0 Å². The van der Waals surface area contributed by atoms with Crippen LogP contribution in [0.15, 0.2) is 62.9 Å². The van der Waals surface area contributed by atoms with Gasteiger partial charge in [-0.05, 0) is 10.8 Å². The summed E-state index contributed by atoms with van der Waals surface area (Å²) >= 11 is 3.31. The highest BCUT2D eigenvalue weighted by Gasteiger charge is 1.86. The van der Waals surface area contributed by atoms with Crippen molar-refractivity contribution in [2.75, 3.05) is 0 Å². The second-order valence-corrected chi connectivity index (χ2v) is 5.23. The van der Waals surface area contributed by atoms with E-state index in [0.29, 0.717) is 0 Å². The van der Waals surface area contributed by atoms with Crippen LogP contribution in [0, 0.1) is 0 Å². The Balaban J connectivity index is 0.000000121. The lowest BCUT2D eigenvalue weighted by molar-refractivity contribution is 0.693. The minimum absolute atomic E-state index is 0.784. The van der Waals surface area contributed by atoms with Crippen LogP contribution in [-0.2, 0) is 10.8 Å². The van der Waals surface area contributed by atoms with Crippen LogP contribution in [0.1, 0.15) is 0 Å². The minimum atomic E-state index is -0.784. The highest BCUT2D eigenvalue weighted by Crippen LogP contribution is 1.95. The molecule has 3 rings (SSSR count). The molecule has 5 heteroatoms. The van der Waals surface area contributed by atoms with Crippen molar-refractivity contribution in [2.45, 2.75) is 0 Å². The average molecular weight is 269 g/mol. The average Bonchev–Trinajstić information content (AvgIpc) is 3.07. The van der Waals surface area contributed by atoms with Gasteiger partial charge in [-0.25, -0.2) is 0 Å². The first-order valence-corrected chi connectivity index (χ1v) is 7.59. The number of thiophene rings is 1. The maximum absolute atomic E-state index is 10.2. The third-order valence-electron chi connectivity index (χ3n) is 1.31. The summed E-state index contributed by atoms with van der Waals surface area (Å²) in [7, 11) is -0.784. The van der Waals surface area contributed by atoms with Crippen molar-refractivity contribution in [3.8, 4) is 0 Å². The van der Waals surface area contributed by atoms with Gasteiger partial charge in [-0.1, -0.05) is 24.3 Å². The van der Waals surface area contributed by atoms with Gasteiger partial charge in [0.1, 0.15) is 0 Å². The Bertz CT molecular complexity index is 343. The molecule has 2 aromatic heterocycles. The zero-order chi connectivity index (χ0) is 11.5. The van der Waals surface area contributed by atoms with Crippen molar-refractivity contribution < 1.29 is 4.21 Å². The van der Waals surface area contributed by atoms with E-state index in [-0.39, 0.29) is 0 Å². The predicted molar refractivity (Wildman–Crippen MR) is 72.9 cm³/mol. The summed E-state index contributed by atoms with van der Waals surface area (Å²) in [5.74, 6) is 0. The zero-order valence-corrected chi connectivity index (χ0v) is 10.9. The second-order valence-electron chi connectivity index (χ2n) is 2.45. The van der Waals surface area contributed by atoms with Crippen molar-refractivity contribution >= 4 is 33.5 Å². The number of rotatable bonds is 0. The van der Waals surface area contributed by atoms with E-state index >= 15 is 0 Å². The number of hydrogen-bond acceptors (Lipinski definition) is 4. The van der Waals surface area contributed by atoms with E-state index in [0.717, 1.165) is 0 Å². The Morgan fingerprint density at radius 1 is 0.938 bits per heavy atom. The van der Waals surface area contributed by atoms with Crippen molar-refractivity contribution in [3.63, 3.8) is 0 Å². The monoisotopic (exact) mass is 269 g/mol. The second kappa shape index (κ2) is 9.21. The smallest absolute Gasteiger partial charge is 0.0791 e. The Labute approximate surface area is 105 Å². The molecular formula is C11H11NOS3. The van der Waals surface area contributed by atoms with E-state index in [9.17, 15) is 4.21 Å². The lowest BCUT2D eigenvalue weighted by Crippen LogP contribution is -1.63. The largest absolute Gasteiger partial charge is 0.253 e. The van der Waals surface area contributed by atoms with E-state index in [2.05, 4.69) is 4.98 Å². The molecule has 2 nitrogen and oxygen atoms in total. The molecule has 0 amide bonds. The first-order valence-electron chi connectivity index (χ1n) is 4.43. The van der Waals surface area contributed by atoms with Gasteiger partial charge in [-0.2, -0.15) is 11.3 Å². The highest BCUT2D eigenvalue weighted by atomic mass is 32.2. The summed E-state index contributed by atoms with van der Waals surface area (Å²) in [4.78, 5) is 3.74. The molecule has 1 aliphatic heterocycles. The molecule has 0 saturated heterocycles. The molecule has 16 heavy (non-hydrogen) atoms. The molecule has 0 saturated carbocycles. The van der Waals surface area contributed by atoms with Crippen LogP contribution in [0.4, 0.5) is 0 Å². The molecule has 0 aliphatic carbocycles. The van der Waals surface area contributed by atoms with Crippen LogP contribution < -0.4 is 0 Å². The SMILES string of the molecule is O=S1C=CC=C1.c1ccsc1.c1cscn1. The maximum Gasteiger partial charge on any atom is 0.0791 e. The Kier molecular flexibility index (Phi) is 7.49. The van der Waals surface area contributed by atoms with Gasteiger partial charge < -0.3 is 0 Å². The number of allylic oxidation sites excluding steroid dienone is 2. The molecule has 3 heterocycles. The molecule has 2 aromatic rings. The Morgan fingerprint density at radius 2 is 1.62 bits per heavy atom. The van der Waals surface area contributed by atoms with Crippen molar-refractivity contribution in [1.29, 1.82) is 0 Å². The third-order valence-corrected chi connectivity index (χ3v) is 3.31. The van der Waals surface area contributed by atoms with Gasteiger partial charge in [-0.3, -0.25) is 9.19 Å². The van der Waals surface area contributed by atoms with Crippen LogP contribution in [0.25, 0.3) is 0 Å². The lowest BCUT2D eigenvalue weighted by atomic mass is 10.6. The summed E-state index contributed by atoms with van der Waals surface area (Å²) < 4.78 is 10.2. The van der Waals surface area contributed by atoms with Gasteiger partial charge in [0, 0.05) is 22.4 Å². The number of aromatic nitrogens is 1. The Hall–Kier alpha value is -1.04. The molecule has 0 N–H and O–H groups in total. The quantitative estimate of drug-likeness (QED) is 0.730. The molecule has 0 aromatic carbocycles. The van der Waals surface area contributed by atoms with Crippen molar-refractivity contribution in [2.24, 2.45) is 0 Å². The molecule has 0 unspecified atom stereocenters. The fourth-order valence-corrected chi connectivity index (χ4v) is 2.08. The maximum atomic E-state index is 10.2. The molecule has 0 fully saturated rings. The van der Waals surface area contributed by atoms with Gasteiger partial charge in [0.05, 0.1) is 16.3 Å². The van der Waals surface area contributed by atoms with E-state index in [1.165, 1.54) is 0 Å². The summed E-state index contributed by atoms with van der Waals surface area (Å²) in [6.07, 6.45) is 5.32. The van der Waals surface area contributed by atoms with Gasteiger partial charge in [0.2, 0.25) is 0 Å². The fraction of sp³-hybridized carbons (Fsp3) is 0. The molecule has 84 valence electrons. The van der Waals surface area contributed by atoms with Crippen molar-refractivity contribution in [1.82, 2.24) is 4.98 Å². The normalized spacial score (nSPS) is 12.5. The molecule has 0 atom stereocenters. The predicted octanol–water partition coefficient (Wildman–Crippen LogP) is 3.67. The highest BCUT2D eigenvalue weighted by molar-refractivity contribution is 7.91. The summed E-state index contributed by atoms with van der Waals surface area (Å²) in [6.45, 7) is 0. The van der Waals surface area contributed by atoms with E-state index in [4.69, 9.17) is 0 Å². The van der Waals surface area contributed by atoms with Crippen LogP contribution in [-0.4, -0.2) is 9.19 Å². The van der Waals surface area contributed by atoms with Crippen molar-refractivity contribution in [3.05, 3.63) is 62.9 Å². The van der Waals surface area contributed by atoms with Crippen LogP contribution in [0.2, 0.25) is 0 Å². The fourth-order valence-electron chi connectivity index (χ4n) is 0.693. The first kappa shape index (κ1) is 13.0. The van der Waals surface area contributed by atoms with Gasteiger partial charge >= 0.3 is 0 Å². The summed E-state index contributed by atoms with van der Waals surface area (Å²) in [6, 6.07) is 4.04. The lowest BCUT2D eigenvalue weighted by Gasteiger charge is -1.65. The standard InChI is InChI=1S/C4H4OS.C4H4S.C3H3NS/c5-6-3-1-2-4-6;1-2-4-5-3-1;1-2-5-3-4-1/h1-4H;1-4H;1-3H. The summed E-state index contributed by atoms with van der Waals surface area (Å²) in [5.41, 5.74) is 1.79. The number of thiazole rings is 1. The van der Waals surface area contributed by atoms with E-state index < -0.39 is 10.8 Å². The van der Waals surface area contributed by atoms with Gasteiger partial charge in [0.25, 0.3) is 0 Å². The molecule has 0 radical (unpaired) electrons. The molecular weight excluding hydrogens is 258 g/mol. The zero-order valence-electron chi connectivity index (χ0n) is 8.43. The Morgan fingerprint density at radius 3 is 1.81 bits per heavy atom. The number of hydrogen-bond donors (Lipinski definition) is 0. The van der Waals surface area contributed by atoms with Crippen LogP contribution in [0.3, 0.4) is 0 Å². The molecule has 0 spiro atoms. The van der Waals surface area contributed by atoms with Crippen LogP contribution >= 0.6 is 22.7 Å². The minimum Gasteiger partial charge on any atom is -0.253 e. The molecule has 0 bridgehead atoms. The van der Waals surface area contributed by atoms with E-state index in [1.54, 1.807) is 57.3 Å². The third kappa shape index (κ3) is 7.28.